The Kier molecular flexibility index (Phi) is 6.71. The number of ether oxygens (including phenoxy) is 1. The van der Waals surface area contributed by atoms with E-state index in [1.54, 1.807) is 0 Å². The Balaban J connectivity index is 1.31. The van der Waals surface area contributed by atoms with Gasteiger partial charge in [0.15, 0.2) is 5.78 Å². The molecule has 0 saturated heterocycles. The highest BCUT2D eigenvalue weighted by Crippen LogP contribution is 2.32. The first-order chi connectivity index (χ1) is 16.8. The predicted octanol–water partition coefficient (Wildman–Crippen LogP) is 5.68. The second-order valence-corrected chi connectivity index (χ2v) is 8.65. The molecule has 5 rings (SSSR count). The fraction of sp³-hybridized carbons (Fsp3) is 0.241. The fourth-order valence-electron chi connectivity index (χ4n) is 4.61. The van der Waals surface area contributed by atoms with Crippen molar-refractivity contribution >= 4 is 11.5 Å². The number of hydrogen-bond acceptors (Lipinski definition) is 4. The monoisotopic (exact) mass is 451 g/mol. The van der Waals surface area contributed by atoms with Crippen LogP contribution in [0.1, 0.15) is 45.6 Å². The number of fused-ring (bicyclic) bond motifs is 1. The lowest BCUT2D eigenvalue weighted by Crippen LogP contribution is -2.17. The molecule has 0 saturated carbocycles. The molecule has 34 heavy (non-hydrogen) atoms. The van der Waals surface area contributed by atoms with Crippen molar-refractivity contribution in [3.63, 3.8) is 0 Å². The summed E-state index contributed by atoms with van der Waals surface area (Å²) in [4.78, 5) is 16.9. The molecule has 5 heteroatoms. The van der Waals surface area contributed by atoms with Gasteiger partial charge in [0.2, 0.25) is 0 Å². The van der Waals surface area contributed by atoms with Crippen molar-refractivity contribution in [3.8, 4) is 5.75 Å². The van der Waals surface area contributed by atoms with Gasteiger partial charge in [-0.05, 0) is 48.2 Å². The second kappa shape index (κ2) is 10.4. The standard InChI is InChI=1S/C29H29N3O2/c33-28-13-7-12-25-26(28)14-15-29(27(25)20-31-23-10-5-2-6-11-23)34-17-16-32-21-30-19-24(32)18-22-8-3-1-4-9-22/h1-6,8-11,14-15,19,21,31H,7,12-13,16-18,20H2. The van der Waals surface area contributed by atoms with Crippen molar-refractivity contribution in [2.24, 2.45) is 0 Å². The van der Waals surface area contributed by atoms with Crippen LogP contribution in [0.2, 0.25) is 0 Å². The minimum Gasteiger partial charge on any atom is -0.491 e. The molecule has 0 spiro atoms. The summed E-state index contributed by atoms with van der Waals surface area (Å²) in [7, 11) is 0. The number of imidazole rings is 1. The summed E-state index contributed by atoms with van der Waals surface area (Å²) in [5.74, 6) is 1.08. The van der Waals surface area contributed by atoms with Gasteiger partial charge in [0.25, 0.3) is 0 Å². The van der Waals surface area contributed by atoms with Crippen LogP contribution < -0.4 is 10.1 Å². The molecular formula is C29H29N3O2. The van der Waals surface area contributed by atoms with E-state index in [9.17, 15) is 4.79 Å². The molecule has 172 valence electrons. The quantitative estimate of drug-likeness (QED) is 0.355. The van der Waals surface area contributed by atoms with Gasteiger partial charge in [-0.2, -0.15) is 0 Å². The van der Waals surface area contributed by atoms with Gasteiger partial charge in [0, 0.05) is 48.1 Å². The van der Waals surface area contributed by atoms with Gasteiger partial charge in [-0.25, -0.2) is 4.98 Å². The molecule has 1 aliphatic rings. The highest BCUT2D eigenvalue weighted by atomic mass is 16.5. The van der Waals surface area contributed by atoms with Gasteiger partial charge >= 0.3 is 0 Å². The van der Waals surface area contributed by atoms with Gasteiger partial charge in [-0.15, -0.1) is 0 Å². The first-order valence-electron chi connectivity index (χ1n) is 11.9. The van der Waals surface area contributed by atoms with E-state index in [2.05, 4.69) is 39.1 Å². The molecule has 5 nitrogen and oxygen atoms in total. The van der Waals surface area contributed by atoms with E-state index >= 15 is 0 Å². The van der Waals surface area contributed by atoms with Gasteiger partial charge in [-0.3, -0.25) is 4.79 Å². The number of aromatic nitrogens is 2. The average molecular weight is 452 g/mol. The number of carbonyl (C=O) groups is 1. The number of benzene rings is 3. The largest absolute Gasteiger partial charge is 0.491 e. The van der Waals surface area contributed by atoms with Crippen LogP contribution in [0.4, 0.5) is 5.69 Å². The smallest absolute Gasteiger partial charge is 0.163 e. The van der Waals surface area contributed by atoms with E-state index in [1.807, 2.05) is 61.1 Å². The van der Waals surface area contributed by atoms with E-state index in [-0.39, 0.29) is 5.78 Å². The van der Waals surface area contributed by atoms with E-state index in [1.165, 1.54) is 5.56 Å². The number of para-hydroxylation sites is 1. The Hall–Kier alpha value is -3.86. The summed E-state index contributed by atoms with van der Waals surface area (Å²) in [6.45, 7) is 1.87. The predicted molar refractivity (Wildman–Crippen MR) is 134 cm³/mol. The summed E-state index contributed by atoms with van der Waals surface area (Å²) in [5, 5.41) is 3.50. The van der Waals surface area contributed by atoms with E-state index < -0.39 is 0 Å². The number of nitrogens with zero attached hydrogens (tertiary/aromatic N) is 2. The minimum atomic E-state index is 0.234. The van der Waals surface area contributed by atoms with Crippen LogP contribution in [0, 0.1) is 0 Å². The molecule has 1 heterocycles. The molecule has 0 amide bonds. The number of hydrogen-bond donors (Lipinski definition) is 1. The second-order valence-electron chi connectivity index (χ2n) is 8.65. The number of Topliss-reactive ketones (excluding diaryl/α,β-unsaturated/α-hetero) is 1. The zero-order valence-corrected chi connectivity index (χ0v) is 19.2. The van der Waals surface area contributed by atoms with Crippen molar-refractivity contribution in [3.05, 3.63) is 113 Å². The van der Waals surface area contributed by atoms with Crippen LogP contribution in [0.5, 0.6) is 5.75 Å². The molecule has 1 N–H and O–H groups in total. The molecular weight excluding hydrogens is 422 g/mol. The fourth-order valence-corrected chi connectivity index (χ4v) is 4.61. The number of anilines is 1. The zero-order chi connectivity index (χ0) is 23.2. The van der Waals surface area contributed by atoms with E-state index in [0.29, 0.717) is 26.1 Å². The Labute approximate surface area is 200 Å². The molecule has 4 aromatic rings. The van der Waals surface area contributed by atoms with Gasteiger partial charge in [-0.1, -0.05) is 48.5 Å². The summed E-state index contributed by atoms with van der Waals surface area (Å²) in [6, 6.07) is 24.5. The highest BCUT2D eigenvalue weighted by molar-refractivity contribution is 5.99. The highest BCUT2D eigenvalue weighted by Gasteiger charge is 2.22. The van der Waals surface area contributed by atoms with Gasteiger partial charge in [0.05, 0.1) is 12.9 Å². The summed E-state index contributed by atoms with van der Waals surface area (Å²) < 4.78 is 8.46. The summed E-state index contributed by atoms with van der Waals surface area (Å²) in [6.07, 6.45) is 7.06. The number of carbonyl (C=O) groups excluding carboxylic acids is 1. The Morgan fingerprint density at radius 1 is 0.941 bits per heavy atom. The number of rotatable bonds is 9. The Bertz CT molecular complexity index is 1250. The normalized spacial score (nSPS) is 12.9. The Morgan fingerprint density at radius 2 is 1.74 bits per heavy atom. The van der Waals surface area contributed by atoms with Crippen LogP contribution >= 0.6 is 0 Å². The molecule has 1 aliphatic carbocycles. The van der Waals surface area contributed by atoms with Crippen LogP contribution in [-0.4, -0.2) is 21.9 Å². The molecule has 0 aliphatic heterocycles. The number of nitrogens with one attached hydrogen (secondary N) is 1. The van der Waals surface area contributed by atoms with Crippen molar-refractivity contribution in [2.75, 3.05) is 11.9 Å². The average Bonchev–Trinajstić information content (AvgIpc) is 3.31. The van der Waals surface area contributed by atoms with E-state index in [0.717, 1.165) is 53.1 Å². The lowest BCUT2D eigenvalue weighted by molar-refractivity contribution is 0.0972. The summed E-state index contributed by atoms with van der Waals surface area (Å²) in [5.41, 5.74) is 6.55. The Morgan fingerprint density at radius 3 is 2.56 bits per heavy atom. The van der Waals surface area contributed by atoms with E-state index in [4.69, 9.17) is 4.74 Å². The molecule has 0 atom stereocenters. The van der Waals surface area contributed by atoms with Gasteiger partial charge in [0.1, 0.15) is 12.4 Å². The SMILES string of the molecule is O=C1CCCc2c1ccc(OCCn1cncc1Cc1ccccc1)c2CNc1ccccc1. The number of ketones is 1. The van der Waals surface area contributed by atoms with Crippen LogP contribution in [0.25, 0.3) is 0 Å². The van der Waals surface area contributed by atoms with Crippen LogP contribution in [0.15, 0.2) is 85.3 Å². The van der Waals surface area contributed by atoms with Crippen LogP contribution in [-0.2, 0) is 25.9 Å². The lowest BCUT2D eigenvalue weighted by atomic mass is 9.87. The molecule has 3 aromatic carbocycles. The molecule has 0 unspecified atom stereocenters. The topological polar surface area (TPSA) is 56.2 Å². The maximum Gasteiger partial charge on any atom is 0.163 e. The minimum absolute atomic E-state index is 0.234. The third-order valence-electron chi connectivity index (χ3n) is 6.38. The van der Waals surface area contributed by atoms with Crippen molar-refractivity contribution in [1.82, 2.24) is 9.55 Å². The third-order valence-corrected chi connectivity index (χ3v) is 6.38. The van der Waals surface area contributed by atoms with Crippen molar-refractivity contribution < 1.29 is 9.53 Å². The maximum atomic E-state index is 12.5. The first-order valence-corrected chi connectivity index (χ1v) is 11.9. The summed E-state index contributed by atoms with van der Waals surface area (Å²) >= 11 is 0. The van der Waals surface area contributed by atoms with Gasteiger partial charge < -0.3 is 14.6 Å². The van der Waals surface area contributed by atoms with Crippen molar-refractivity contribution in [1.29, 1.82) is 0 Å². The lowest BCUT2D eigenvalue weighted by Gasteiger charge is -2.22. The maximum absolute atomic E-state index is 12.5. The van der Waals surface area contributed by atoms with Crippen LogP contribution in [0.3, 0.4) is 0 Å². The van der Waals surface area contributed by atoms with Crippen molar-refractivity contribution in [2.45, 2.75) is 38.8 Å². The molecule has 0 fully saturated rings. The molecule has 0 bridgehead atoms. The molecule has 0 radical (unpaired) electrons. The molecule has 1 aromatic heterocycles. The third kappa shape index (κ3) is 5.04. The zero-order valence-electron chi connectivity index (χ0n) is 19.2. The first kappa shape index (κ1) is 22.0.